The normalized spacial score (nSPS) is 12.6. The highest BCUT2D eigenvalue weighted by molar-refractivity contribution is 6.33. The van der Waals surface area contributed by atoms with Gasteiger partial charge in [-0.3, -0.25) is 19.7 Å². The number of methoxy groups -OCH3 is 1. The van der Waals surface area contributed by atoms with E-state index in [0.29, 0.717) is 34.0 Å². The Bertz CT molecular complexity index is 1680. The number of benzene rings is 3. The van der Waals surface area contributed by atoms with Crippen LogP contribution in [0.15, 0.2) is 65.2 Å². The third-order valence-corrected chi connectivity index (χ3v) is 7.62. The van der Waals surface area contributed by atoms with Crippen LogP contribution in [-0.4, -0.2) is 55.2 Å². The number of carbonyl (C=O) groups excluding carboxylic acids is 2. The predicted molar refractivity (Wildman–Crippen MR) is 168 cm³/mol. The Morgan fingerprint density at radius 1 is 1.05 bits per heavy atom. The summed E-state index contributed by atoms with van der Waals surface area (Å²) in [7, 11) is 1.53. The molecule has 5 rings (SSSR count). The second kappa shape index (κ2) is 13.5. The van der Waals surface area contributed by atoms with Gasteiger partial charge in [-0.25, -0.2) is 0 Å². The SMILES string of the molecule is COc1ccccc1-c1noc(C)c1C(=O)NCCNc1cc(NC(=O)c2ccc(N3CCCC3)cc2)c([N+](=O)[O-])cc1Cl. The lowest BCUT2D eigenvalue weighted by Crippen LogP contribution is -2.29. The van der Waals surface area contributed by atoms with Crippen LogP contribution in [0.4, 0.5) is 22.7 Å². The number of halogens is 1. The molecule has 0 spiro atoms. The molecule has 0 aliphatic carbocycles. The summed E-state index contributed by atoms with van der Waals surface area (Å²) >= 11 is 6.34. The molecular weight excluding hydrogens is 588 g/mol. The van der Waals surface area contributed by atoms with Crippen LogP contribution in [0, 0.1) is 17.0 Å². The first-order valence-electron chi connectivity index (χ1n) is 14.0. The van der Waals surface area contributed by atoms with Crippen LogP contribution in [0.3, 0.4) is 0 Å². The first-order chi connectivity index (χ1) is 21.3. The maximum atomic E-state index is 13.1. The lowest BCUT2D eigenvalue weighted by Gasteiger charge is -2.17. The fourth-order valence-electron chi connectivity index (χ4n) is 5.07. The minimum atomic E-state index is -0.609. The number of nitro groups is 1. The molecule has 3 N–H and O–H groups in total. The van der Waals surface area contributed by atoms with Crippen LogP contribution in [0.25, 0.3) is 11.3 Å². The lowest BCUT2D eigenvalue weighted by molar-refractivity contribution is -0.383. The van der Waals surface area contributed by atoms with E-state index in [2.05, 4.69) is 26.0 Å². The Balaban J connectivity index is 1.24. The lowest BCUT2D eigenvalue weighted by atomic mass is 10.0. The molecule has 2 heterocycles. The molecule has 1 saturated heterocycles. The molecule has 3 aromatic carbocycles. The zero-order valence-corrected chi connectivity index (χ0v) is 24.9. The number of carbonyl (C=O) groups is 2. The van der Waals surface area contributed by atoms with E-state index in [0.717, 1.165) is 31.6 Å². The molecule has 0 atom stereocenters. The number of rotatable bonds is 11. The van der Waals surface area contributed by atoms with Gasteiger partial charge in [-0.05, 0) is 62.2 Å². The van der Waals surface area contributed by atoms with E-state index in [1.165, 1.54) is 19.2 Å². The second-order valence-electron chi connectivity index (χ2n) is 10.1. The van der Waals surface area contributed by atoms with E-state index in [1.54, 1.807) is 31.2 Å². The summed E-state index contributed by atoms with van der Waals surface area (Å²) in [6.07, 6.45) is 2.27. The first-order valence-corrected chi connectivity index (χ1v) is 14.4. The monoisotopic (exact) mass is 618 g/mol. The third kappa shape index (κ3) is 6.60. The number of nitro benzene ring substituents is 1. The zero-order chi connectivity index (χ0) is 31.2. The van der Waals surface area contributed by atoms with Crippen molar-refractivity contribution in [3.63, 3.8) is 0 Å². The Labute approximate surface area is 258 Å². The van der Waals surface area contributed by atoms with E-state index < -0.39 is 16.7 Å². The van der Waals surface area contributed by atoms with Crippen molar-refractivity contribution in [3.05, 3.63) is 92.7 Å². The summed E-state index contributed by atoms with van der Waals surface area (Å²) < 4.78 is 10.7. The van der Waals surface area contributed by atoms with Gasteiger partial charge in [-0.2, -0.15) is 0 Å². The average Bonchev–Trinajstić information content (AvgIpc) is 3.70. The third-order valence-electron chi connectivity index (χ3n) is 7.31. The summed E-state index contributed by atoms with van der Waals surface area (Å²) in [5.41, 5.74) is 2.64. The number of nitrogens with zero attached hydrogens (tertiary/aromatic N) is 3. The standard InChI is InChI=1S/C31H31ClN6O6/c1-19-28(29(36-44-19)22-7-3-4-8-27(22)43-2)31(40)34-14-13-33-24-18-25(26(38(41)42)17-23(24)32)35-30(39)20-9-11-21(12-10-20)37-15-5-6-16-37/h3-4,7-12,17-18,33H,5-6,13-16H2,1-2H3,(H,34,40)(H,35,39). The number of amides is 2. The van der Waals surface area contributed by atoms with Crippen LogP contribution in [0.1, 0.15) is 39.3 Å². The van der Waals surface area contributed by atoms with Crippen LogP contribution in [0.5, 0.6) is 5.75 Å². The highest BCUT2D eigenvalue weighted by Crippen LogP contribution is 2.35. The largest absolute Gasteiger partial charge is 0.496 e. The minimum Gasteiger partial charge on any atom is -0.496 e. The van der Waals surface area contributed by atoms with Crippen LogP contribution in [0.2, 0.25) is 5.02 Å². The van der Waals surface area contributed by atoms with Crippen molar-refractivity contribution >= 4 is 46.2 Å². The van der Waals surface area contributed by atoms with E-state index in [9.17, 15) is 19.7 Å². The fourth-order valence-corrected chi connectivity index (χ4v) is 5.29. The molecule has 1 aliphatic rings. The maximum absolute atomic E-state index is 13.1. The van der Waals surface area contributed by atoms with Crippen molar-refractivity contribution in [2.24, 2.45) is 0 Å². The number of para-hydroxylation sites is 1. The van der Waals surface area contributed by atoms with E-state index in [-0.39, 0.29) is 35.1 Å². The molecule has 0 bridgehead atoms. The zero-order valence-electron chi connectivity index (χ0n) is 24.2. The van der Waals surface area contributed by atoms with Gasteiger partial charge in [0.25, 0.3) is 17.5 Å². The van der Waals surface area contributed by atoms with Gasteiger partial charge in [0.1, 0.15) is 28.5 Å². The van der Waals surface area contributed by atoms with Crippen molar-refractivity contribution < 1.29 is 23.8 Å². The van der Waals surface area contributed by atoms with Crippen molar-refractivity contribution in [1.29, 1.82) is 0 Å². The highest BCUT2D eigenvalue weighted by atomic mass is 35.5. The number of anilines is 3. The van der Waals surface area contributed by atoms with Gasteiger partial charge in [0.2, 0.25) is 0 Å². The minimum absolute atomic E-state index is 0.0129. The number of ether oxygens (including phenoxy) is 1. The fraction of sp³-hybridized carbons (Fsp3) is 0.258. The molecule has 4 aromatic rings. The summed E-state index contributed by atoms with van der Waals surface area (Å²) in [6, 6.07) is 16.9. The summed E-state index contributed by atoms with van der Waals surface area (Å²) in [4.78, 5) is 39.5. The summed E-state index contributed by atoms with van der Waals surface area (Å²) in [5.74, 6) is 0.00803. The molecular formula is C31H31ClN6O6. The van der Waals surface area contributed by atoms with Crippen molar-refractivity contribution in [2.45, 2.75) is 19.8 Å². The molecule has 44 heavy (non-hydrogen) atoms. The topological polar surface area (TPSA) is 152 Å². The second-order valence-corrected chi connectivity index (χ2v) is 10.6. The number of hydrogen-bond donors (Lipinski definition) is 3. The quantitative estimate of drug-likeness (QED) is 0.106. The summed E-state index contributed by atoms with van der Waals surface area (Å²) in [6.45, 7) is 4.00. The van der Waals surface area contributed by atoms with Crippen LogP contribution >= 0.6 is 11.6 Å². The molecule has 1 fully saturated rings. The molecule has 0 unspecified atom stereocenters. The highest BCUT2D eigenvalue weighted by Gasteiger charge is 2.24. The average molecular weight is 619 g/mol. The number of nitrogens with one attached hydrogen (secondary N) is 3. The van der Waals surface area contributed by atoms with Crippen molar-refractivity contribution in [3.8, 4) is 17.0 Å². The Morgan fingerprint density at radius 3 is 2.48 bits per heavy atom. The molecule has 0 radical (unpaired) electrons. The van der Waals surface area contributed by atoms with Gasteiger partial charge in [-0.15, -0.1) is 0 Å². The number of hydrogen-bond acceptors (Lipinski definition) is 9. The van der Waals surface area contributed by atoms with E-state index in [4.69, 9.17) is 20.9 Å². The Kier molecular flexibility index (Phi) is 9.29. The van der Waals surface area contributed by atoms with Gasteiger partial charge in [0, 0.05) is 49.1 Å². The molecule has 1 aromatic heterocycles. The molecule has 13 heteroatoms. The van der Waals surface area contributed by atoms with Crippen molar-refractivity contribution in [1.82, 2.24) is 10.5 Å². The van der Waals surface area contributed by atoms with Gasteiger partial charge in [-0.1, -0.05) is 28.9 Å². The molecule has 12 nitrogen and oxygen atoms in total. The summed E-state index contributed by atoms with van der Waals surface area (Å²) in [5, 5.41) is 24.4. The maximum Gasteiger partial charge on any atom is 0.294 e. The van der Waals surface area contributed by atoms with Gasteiger partial charge < -0.3 is 30.1 Å². The molecule has 0 saturated carbocycles. The van der Waals surface area contributed by atoms with Gasteiger partial charge in [0.15, 0.2) is 0 Å². The van der Waals surface area contributed by atoms with E-state index >= 15 is 0 Å². The Hall–Kier alpha value is -5.10. The van der Waals surface area contributed by atoms with Gasteiger partial charge in [0.05, 0.1) is 22.7 Å². The Morgan fingerprint density at radius 2 is 1.77 bits per heavy atom. The molecule has 2 amide bonds. The van der Waals surface area contributed by atoms with Crippen LogP contribution in [-0.2, 0) is 0 Å². The first kappa shape index (κ1) is 30.4. The van der Waals surface area contributed by atoms with Crippen molar-refractivity contribution in [2.75, 3.05) is 48.8 Å². The van der Waals surface area contributed by atoms with E-state index in [1.807, 2.05) is 24.3 Å². The van der Waals surface area contributed by atoms with Crippen LogP contribution < -0.4 is 25.6 Å². The smallest absolute Gasteiger partial charge is 0.294 e. The predicted octanol–water partition coefficient (Wildman–Crippen LogP) is 5.91. The number of aromatic nitrogens is 1. The number of aryl methyl sites for hydroxylation is 1. The molecule has 228 valence electrons. The molecule has 1 aliphatic heterocycles. The van der Waals surface area contributed by atoms with Gasteiger partial charge >= 0.3 is 0 Å².